The van der Waals surface area contributed by atoms with Crippen LogP contribution in [-0.2, 0) is 0 Å². The van der Waals surface area contributed by atoms with Crippen molar-refractivity contribution < 1.29 is 0 Å². The zero-order valence-electron chi connectivity index (χ0n) is 5.85. The summed E-state index contributed by atoms with van der Waals surface area (Å²) in [4.78, 5) is 11.8. The van der Waals surface area contributed by atoms with E-state index in [-0.39, 0.29) is 0 Å². The first-order chi connectivity index (χ1) is 5.22. The minimum absolute atomic E-state index is 0.418. The summed E-state index contributed by atoms with van der Waals surface area (Å²) >= 11 is 9.53. The van der Waals surface area contributed by atoms with Gasteiger partial charge in [0.05, 0.1) is 0 Å². The van der Waals surface area contributed by atoms with Crippen LogP contribution >= 0.6 is 37.0 Å². The van der Waals surface area contributed by atoms with Gasteiger partial charge in [0.25, 0.3) is 0 Å². The second-order valence-corrected chi connectivity index (χ2v) is 3.68. The van der Waals surface area contributed by atoms with E-state index in [0.29, 0.717) is 15.5 Å². The van der Waals surface area contributed by atoms with Crippen LogP contribution in [0.15, 0.2) is 15.5 Å². The fourth-order valence-corrected chi connectivity index (χ4v) is 1.68. The predicted octanol–water partition coefficient (Wildman–Crippen LogP) is 1.56. The number of rotatable bonds is 2. The Morgan fingerprint density at radius 1 is 1.18 bits per heavy atom. The summed E-state index contributed by atoms with van der Waals surface area (Å²) in [7, 11) is 0. The van der Waals surface area contributed by atoms with E-state index < -0.39 is 0 Å². The third kappa shape index (κ3) is 2.88. The molecule has 1 aromatic rings. The Kier molecular flexibility index (Phi) is 3.47. The van der Waals surface area contributed by atoms with Crippen molar-refractivity contribution in [1.82, 2.24) is 15.0 Å². The fourth-order valence-electron chi connectivity index (χ4n) is 0.529. The van der Waals surface area contributed by atoms with Gasteiger partial charge in [0.15, 0.2) is 15.5 Å². The van der Waals surface area contributed by atoms with Crippen LogP contribution in [0.25, 0.3) is 0 Å². The van der Waals surface area contributed by atoms with E-state index in [1.54, 1.807) is 11.8 Å². The highest BCUT2D eigenvalue weighted by molar-refractivity contribution is 7.99. The molecule has 0 spiro atoms. The molecular weight excluding hydrogens is 198 g/mol. The van der Waals surface area contributed by atoms with Crippen LogP contribution in [0.4, 0.5) is 0 Å². The van der Waals surface area contributed by atoms with E-state index in [9.17, 15) is 0 Å². The Bertz CT molecular complexity index is 232. The Labute approximate surface area is 80.3 Å². The van der Waals surface area contributed by atoms with Gasteiger partial charge in [0.2, 0.25) is 0 Å². The van der Waals surface area contributed by atoms with Gasteiger partial charge in [-0.2, -0.15) is 15.0 Å². The first-order valence-electron chi connectivity index (χ1n) is 2.99. The minimum Gasteiger partial charge on any atom is -0.197 e. The number of nitrogens with zero attached hydrogens (tertiary/aromatic N) is 3. The van der Waals surface area contributed by atoms with Gasteiger partial charge in [-0.1, -0.05) is 18.7 Å². The molecular formula is C5H7N3S3. The van der Waals surface area contributed by atoms with Crippen molar-refractivity contribution in [3.8, 4) is 0 Å². The molecule has 1 aromatic heterocycles. The highest BCUT2D eigenvalue weighted by Crippen LogP contribution is 2.14. The predicted molar refractivity (Wildman–Crippen MR) is 50.7 cm³/mol. The van der Waals surface area contributed by atoms with Crippen LogP contribution in [0.5, 0.6) is 0 Å². The summed E-state index contributed by atoms with van der Waals surface area (Å²) in [5.74, 6) is 0.935. The van der Waals surface area contributed by atoms with Crippen molar-refractivity contribution in [3.63, 3.8) is 0 Å². The molecule has 0 aromatic carbocycles. The molecule has 0 saturated carbocycles. The molecule has 0 aliphatic heterocycles. The van der Waals surface area contributed by atoms with Crippen molar-refractivity contribution in [2.45, 2.75) is 22.4 Å². The normalized spacial score (nSPS) is 10.1. The molecule has 0 fully saturated rings. The zero-order chi connectivity index (χ0) is 8.27. The molecule has 0 N–H and O–H groups in total. The maximum absolute atomic E-state index is 3.99. The summed E-state index contributed by atoms with van der Waals surface area (Å²) in [6, 6.07) is 0. The lowest BCUT2D eigenvalue weighted by Crippen LogP contribution is -1.93. The quantitative estimate of drug-likeness (QED) is 0.568. The van der Waals surface area contributed by atoms with E-state index in [2.05, 4.69) is 40.2 Å². The van der Waals surface area contributed by atoms with Crippen LogP contribution in [0.1, 0.15) is 6.92 Å². The molecule has 0 bridgehead atoms. The summed E-state index contributed by atoms with van der Waals surface area (Å²) in [5.41, 5.74) is 0. The molecule has 0 saturated heterocycles. The Hall–Kier alpha value is 0.0600. The second kappa shape index (κ2) is 4.18. The zero-order valence-corrected chi connectivity index (χ0v) is 8.46. The fraction of sp³-hybridized carbons (Fsp3) is 0.400. The van der Waals surface area contributed by atoms with Crippen LogP contribution in [0.2, 0.25) is 0 Å². The van der Waals surface area contributed by atoms with Crippen molar-refractivity contribution in [1.29, 1.82) is 0 Å². The molecule has 60 valence electrons. The lowest BCUT2D eigenvalue weighted by molar-refractivity contribution is 0.722. The second-order valence-electron chi connectivity index (χ2n) is 1.65. The molecule has 3 nitrogen and oxygen atoms in total. The number of hydrogen-bond donors (Lipinski definition) is 2. The number of thioether (sulfide) groups is 1. The average molecular weight is 205 g/mol. The Balaban J connectivity index is 2.89. The topological polar surface area (TPSA) is 38.7 Å². The van der Waals surface area contributed by atoms with E-state index in [4.69, 9.17) is 0 Å². The molecule has 6 heteroatoms. The smallest absolute Gasteiger partial charge is 0.192 e. The van der Waals surface area contributed by atoms with Crippen molar-refractivity contribution in [2.24, 2.45) is 0 Å². The lowest BCUT2D eigenvalue weighted by atomic mass is 11.0. The van der Waals surface area contributed by atoms with Gasteiger partial charge in [-0.05, 0) is 5.75 Å². The van der Waals surface area contributed by atoms with E-state index in [1.165, 1.54) is 0 Å². The van der Waals surface area contributed by atoms with Crippen LogP contribution in [0, 0.1) is 0 Å². The molecule has 0 atom stereocenters. The molecule has 1 rings (SSSR count). The highest BCUT2D eigenvalue weighted by Gasteiger charge is 1.99. The maximum Gasteiger partial charge on any atom is 0.192 e. The van der Waals surface area contributed by atoms with Gasteiger partial charge in [0.1, 0.15) is 0 Å². The molecule has 0 aliphatic carbocycles. The SMILES string of the molecule is CCSc1nc(S)nc(S)n1. The number of aromatic nitrogens is 3. The third-order valence-electron chi connectivity index (χ3n) is 0.865. The molecule has 0 aliphatic rings. The van der Waals surface area contributed by atoms with Crippen molar-refractivity contribution >= 4 is 37.0 Å². The van der Waals surface area contributed by atoms with E-state index >= 15 is 0 Å². The Morgan fingerprint density at radius 2 is 1.73 bits per heavy atom. The molecule has 0 amide bonds. The van der Waals surface area contributed by atoms with Gasteiger partial charge >= 0.3 is 0 Å². The molecule has 11 heavy (non-hydrogen) atoms. The lowest BCUT2D eigenvalue weighted by Gasteiger charge is -1.97. The van der Waals surface area contributed by atoms with Gasteiger partial charge in [0, 0.05) is 0 Å². The molecule has 1 heterocycles. The maximum atomic E-state index is 3.99. The molecule has 0 unspecified atom stereocenters. The summed E-state index contributed by atoms with van der Waals surface area (Å²) < 4.78 is 0. The van der Waals surface area contributed by atoms with Gasteiger partial charge in [-0.15, -0.1) is 25.3 Å². The van der Waals surface area contributed by atoms with Crippen LogP contribution in [-0.4, -0.2) is 20.7 Å². The van der Waals surface area contributed by atoms with Crippen LogP contribution < -0.4 is 0 Å². The van der Waals surface area contributed by atoms with E-state index in [0.717, 1.165) is 5.75 Å². The average Bonchev–Trinajstić information content (AvgIpc) is 1.85. The Morgan fingerprint density at radius 3 is 2.18 bits per heavy atom. The summed E-state index contributed by atoms with van der Waals surface area (Å²) in [5, 5.41) is 1.51. The standard InChI is InChI=1S/C5H7N3S3/c1-2-11-5-7-3(9)6-4(10)8-5/h2H2,1H3,(H2,6,7,8,9,10). The first-order valence-corrected chi connectivity index (χ1v) is 4.87. The minimum atomic E-state index is 0.418. The van der Waals surface area contributed by atoms with E-state index in [1.807, 2.05) is 6.92 Å². The highest BCUT2D eigenvalue weighted by atomic mass is 32.2. The third-order valence-corrected chi connectivity index (χ3v) is 1.99. The largest absolute Gasteiger partial charge is 0.197 e. The number of hydrogen-bond acceptors (Lipinski definition) is 6. The van der Waals surface area contributed by atoms with Crippen molar-refractivity contribution in [2.75, 3.05) is 5.75 Å². The van der Waals surface area contributed by atoms with Gasteiger partial charge in [-0.3, -0.25) is 0 Å². The monoisotopic (exact) mass is 205 g/mol. The van der Waals surface area contributed by atoms with Gasteiger partial charge < -0.3 is 0 Å². The summed E-state index contributed by atoms with van der Waals surface area (Å²) in [6.45, 7) is 2.03. The van der Waals surface area contributed by atoms with Crippen molar-refractivity contribution in [3.05, 3.63) is 0 Å². The first kappa shape index (κ1) is 9.15. The van der Waals surface area contributed by atoms with Gasteiger partial charge in [-0.25, -0.2) is 0 Å². The molecule has 0 radical (unpaired) electrons. The number of thiol groups is 2. The van der Waals surface area contributed by atoms with Crippen LogP contribution in [0.3, 0.4) is 0 Å². The summed E-state index contributed by atoms with van der Waals surface area (Å²) in [6.07, 6.45) is 0.